The predicted molar refractivity (Wildman–Crippen MR) is 217 cm³/mol. The Kier molecular flexibility index (Phi) is 7.12. The smallest absolute Gasteiger partial charge is 0.164 e. The van der Waals surface area contributed by atoms with E-state index >= 15 is 0 Å². The van der Waals surface area contributed by atoms with E-state index in [-0.39, 0.29) is 5.41 Å². The average Bonchev–Trinajstić information content (AvgIpc) is 3.47. The van der Waals surface area contributed by atoms with Gasteiger partial charge in [0.05, 0.1) is 11.2 Å². The van der Waals surface area contributed by atoms with E-state index in [1.54, 1.807) is 0 Å². The summed E-state index contributed by atoms with van der Waals surface area (Å²) in [5.74, 6) is 1.89. The number of aromatic nitrogens is 4. The van der Waals surface area contributed by atoms with Gasteiger partial charge in [0.15, 0.2) is 17.5 Å². The zero-order valence-corrected chi connectivity index (χ0v) is 29.5. The second-order valence-corrected chi connectivity index (χ2v) is 14.3. The molecule has 0 N–H and O–H groups in total. The Balaban J connectivity index is 1.20. The minimum Gasteiger partial charge on any atom is -0.247 e. The molecule has 0 amide bonds. The summed E-state index contributed by atoms with van der Waals surface area (Å²) in [4.78, 5) is 20.5. The van der Waals surface area contributed by atoms with Crippen LogP contribution in [0.3, 0.4) is 0 Å². The van der Waals surface area contributed by atoms with Gasteiger partial charge in [-0.2, -0.15) is 0 Å². The molecule has 4 heteroatoms. The molecule has 250 valence electrons. The average molecular weight is 679 g/mol. The second-order valence-electron chi connectivity index (χ2n) is 14.3. The molecule has 0 aliphatic heterocycles. The fraction of sp³-hybridized carbons (Fsp3) is 0.0612. The van der Waals surface area contributed by atoms with Crippen LogP contribution in [0.4, 0.5) is 0 Å². The van der Waals surface area contributed by atoms with Crippen LogP contribution in [0.5, 0.6) is 0 Å². The van der Waals surface area contributed by atoms with Crippen molar-refractivity contribution in [1.82, 2.24) is 19.9 Å². The molecule has 1 aliphatic rings. The number of hydrogen-bond donors (Lipinski definition) is 0. The van der Waals surface area contributed by atoms with Gasteiger partial charge in [-0.1, -0.05) is 166 Å². The maximum absolute atomic E-state index is 5.54. The van der Waals surface area contributed by atoms with Gasteiger partial charge in [0, 0.05) is 38.6 Å². The molecule has 53 heavy (non-hydrogen) atoms. The third kappa shape index (κ3) is 5.22. The van der Waals surface area contributed by atoms with Gasteiger partial charge in [-0.05, 0) is 56.8 Å². The second kappa shape index (κ2) is 12.2. The summed E-state index contributed by atoms with van der Waals surface area (Å²) in [6, 6.07) is 59.6. The lowest BCUT2D eigenvalue weighted by molar-refractivity contribution is 0.661. The lowest BCUT2D eigenvalue weighted by atomic mass is 9.82. The number of benzene rings is 7. The van der Waals surface area contributed by atoms with Crippen molar-refractivity contribution >= 4 is 21.7 Å². The monoisotopic (exact) mass is 678 g/mol. The molecular weight excluding hydrogens is 645 g/mol. The summed E-state index contributed by atoms with van der Waals surface area (Å²) in [5.41, 5.74) is 13.0. The largest absolute Gasteiger partial charge is 0.247 e. The molecule has 2 heterocycles. The molecule has 0 saturated heterocycles. The van der Waals surface area contributed by atoms with Gasteiger partial charge < -0.3 is 0 Å². The zero-order chi connectivity index (χ0) is 35.5. The maximum atomic E-state index is 5.54. The van der Waals surface area contributed by atoms with Crippen LogP contribution in [0, 0.1) is 0 Å². The molecule has 0 atom stereocenters. The first-order valence-corrected chi connectivity index (χ1v) is 18.1. The maximum Gasteiger partial charge on any atom is 0.164 e. The van der Waals surface area contributed by atoms with E-state index in [1.807, 2.05) is 60.7 Å². The first kappa shape index (κ1) is 31.0. The molecule has 0 saturated carbocycles. The Labute approximate surface area is 308 Å². The molecule has 0 radical (unpaired) electrons. The summed E-state index contributed by atoms with van der Waals surface area (Å²) in [6.07, 6.45) is 0. The SMILES string of the molecule is CC1(C)c2ccccc2-c2c1ccc1c(-c3ccc4ccccc4c3)cc(-c3cccc(-c4nc(-c5ccccc5)nc(-c5ccccc5)n4)c3)nc21. The highest BCUT2D eigenvalue weighted by Gasteiger charge is 2.37. The van der Waals surface area contributed by atoms with Crippen molar-refractivity contribution in [2.24, 2.45) is 0 Å². The Hall–Kier alpha value is -6.78. The Bertz CT molecular complexity index is 2800. The fourth-order valence-corrected chi connectivity index (χ4v) is 7.98. The molecule has 0 bridgehead atoms. The van der Waals surface area contributed by atoms with E-state index in [2.05, 4.69) is 123 Å². The normalized spacial score (nSPS) is 12.9. The minimum absolute atomic E-state index is 0.133. The van der Waals surface area contributed by atoms with Gasteiger partial charge in [0.2, 0.25) is 0 Å². The molecule has 0 unspecified atom stereocenters. The van der Waals surface area contributed by atoms with Crippen LogP contribution in [0.25, 0.3) is 89.4 Å². The molecule has 0 fully saturated rings. The van der Waals surface area contributed by atoms with E-state index in [9.17, 15) is 0 Å². The van der Waals surface area contributed by atoms with Gasteiger partial charge in [-0.25, -0.2) is 19.9 Å². The highest BCUT2D eigenvalue weighted by molar-refractivity contribution is 6.07. The van der Waals surface area contributed by atoms with Gasteiger partial charge in [0.1, 0.15) is 0 Å². The summed E-state index contributed by atoms with van der Waals surface area (Å²) in [7, 11) is 0. The van der Waals surface area contributed by atoms with Crippen LogP contribution < -0.4 is 0 Å². The van der Waals surface area contributed by atoms with Crippen molar-refractivity contribution < 1.29 is 0 Å². The molecule has 9 aromatic rings. The zero-order valence-electron chi connectivity index (χ0n) is 29.5. The van der Waals surface area contributed by atoms with Crippen molar-refractivity contribution in [1.29, 1.82) is 0 Å². The number of hydrogen-bond acceptors (Lipinski definition) is 4. The van der Waals surface area contributed by atoms with E-state index in [1.165, 1.54) is 33.0 Å². The Morgan fingerprint density at radius 1 is 0.377 bits per heavy atom. The lowest BCUT2D eigenvalue weighted by Crippen LogP contribution is -2.14. The van der Waals surface area contributed by atoms with Gasteiger partial charge in [0.25, 0.3) is 0 Å². The molecule has 1 aliphatic carbocycles. The molecule has 0 spiro atoms. The van der Waals surface area contributed by atoms with Crippen molar-refractivity contribution in [3.8, 4) is 67.7 Å². The first-order chi connectivity index (χ1) is 26.0. The highest BCUT2D eigenvalue weighted by Crippen LogP contribution is 2.52. The summed E-state index contributed by atoms with van der Waals surface area (Å²) in [5, 5.41) is 3.58. The van der Waals surface area contributed by atoms with Gasteiger partial charge in [-0.15, -0.1) is 0 Å². The van der Waals surface area contributed by atoms with E-state index in [0.717, 1.165) is 50.0 Å². The van der Waals surface area contributed by atoms with E-state index in [0.29, 0.717) is 17.5 Å². The van der Waals surface area contributed by atoms with Crippen molar-refractivity contribution in [3.05, 3.63) is 181 Å². The number of nitrogens with zero attached hydrogens (tertiary/aromatic N) is 4. The third-order valence-corrected chi connectivity index (χ3v) is 10.7. The van der Waals surface area contributed by atoms with Crippen molar-refractivity contribution in [2.75, 3.05) is 0 Å². The number of rotatable bonds is 5. The van der Waals surface area contributed by atoms with Crippen LogP contribution in [0.1, 0.15) is 25.0 Å². The van der Waals surface area contributed by atoms with E-state index in [4.69, 9.17) is 19.9 Å². The molecule has 4 nitrogen and oxygen atoms in total. The molecule has 2 aromatic heterocycles. The standard InChI is InChI=1S/C49H34N4/c1-49(2)41-23-12-11-22-39(41)44-42(49)27-26-38-40(35-25-24-31-14-9-10-19-34(31)28-35)30-43(50-45(38)44)36-20-13-21-37(29-36)48-52-46(32-15-5-3-6-16-32)51-47(53-48)33-17-7-4-8-18-33/h3-30H,1-2H3. The fourth-order valence-electron chi connectivity index (χ4n) is 7.98. The van der Waals surface area contributed by atoms with Crippen LogP contribution >= 0.6 is 0 Å². The molecular formula is C49H34N4. The minimum atomic E-state index is -0.133. The topological polar surface area (TPSA) is 51.6 Å². The van der Waals surface area contributed by atoms with Crippen molar-refractivity contribution in [2.45, 2.75) is 19.3 Å². The number of fused-ring (bicyclic) bond motifs is 6. The summed E-state index contributed by atoms with van der Waals surface area (Å²) >= 11 is 0. The summed E-state index contributed by atoms with van der Waals surface area (Å²) in [6.45, 7) is 4.65. The van der Waals surface area contributed by atoms with Crippen LogP contribution in [-0.2, 0) is 5.41 Å². The molecule has 10 rings (SSSR count). The Morgan fingerprint density at radius 2 is 0.981 bits per heavy atom. The van der Waals surface area contributed by atoms with Crippen LogP contribution in [0.2, 0.25) is 0 Å². The highest BCUT2D eigenvalue weighted by atomic mass is 15.0. The predicted octanol–water partition coefficient (Wildman–Crippen LogP) is 12.2. The van der Waals surface area contributed by atoms with Gasteiger partial charge in [-0.3, -0.25) is 0 Å². The van der Waals surface area contributed by atoms with Gasteiger partial charge >= 0.3 is 0 Å². The van der Waals surface area contributed by atoms with Crippen LogP contribution in [-0.4, -0.2) is 19.9 Å². The number of pyridine rings is 1. The quantitative estimate of drug-likeness (QED) is 0.182. The van der Waals surface area contributed by atoms with E-state index < -0.39 is 0 Å². The third-order valence-electron chi connectivity index (χ3n) is 10.7. The van der Waals surface area contributed by atoms with Crippen LogP contribution in [0.15, 0.2) is 170 Å². The van der Waals surface area contributed by atoms with Crippen molar-refractivity contribution in [3.63, 3.8) is 0 Å². The summed E-state index contributed by atoms with van der Waals surface area (Å²) < 4.78 is 0. The molecule has 7 aromatic carbocycles. The first-order valence-electron chi connectivity index (χ1n) is 18.1. The Morgan fingerprint density at radius 3 is 1.72 bits per heavy atom. The lowest BCUT2D eigenvalue weighted by Gasteiger charge is -2.21.